The molecule has 8 heteroatoms. The Morgan fingerprint density at radius 3 is 2.46 bits per heavy atom. The first kappa shape index (κ1) is 19.2. The number of aliphatic imine (C=N–C) groups is 1. The van der Waals surface area contributed by atoms with Crippen molar-refractivity contribution < 1.29 is 9.47 Å². The van der Waals surface area contributed by atoms with Gasteiger partial charge in [-0.1, -0.05) is 18.2 Å². The lowest BCUT2D eigenvalue weighted by Crippen LogP contribution is -2.36. The Kier molecular flexibility index (Phi) is 6.46. The maximum absolute atomic E-state index is 5.37. The van der Waals surface area contributed by atoms with Crippen molar-refractivity contribution in [2.24, 2.45) is 4.99 Å². The van der Waals surface area contributed by atoms with Crippen LogP contribution in [0.1, 0.15) is 11.4 Å². The van der Waals surface area contributed by atoms with E-state index in [1.54, 1.807) is 21.3 Å². The molecule has 0 saturated carbocycles. The monoisotopic (exact) mass is 380 g/mol. The largest absolute Gasteiger partial charge is 0.497 e. The predicted octanol–water partition coefficient (Wildman–Crippen LogP) is 2.35. The molecule has 0 unspecified atom stereocenters. The zero-order chi connectivity index (χ0) is 19.8. The van der Waals surface area contributed by atoms with Crippen molar-refractivity contribution in [3.63, 3.8) is 0 Å². The second-order valence-corrected chi connectivity index (χ2v) is 5.93. The summed E-state index contributed by atoms with van der Waals surface area (Å²) in [6.45, 7) is 1.06. The molecule has 0 aliphatic carbocycles. The van der Waals surface area contributed by atoms with Crippen LogP contribution < -0.4 is 20.1 Å². The summed E-state index contributed by atoms with van der Waals surface area (Å²) in [6, 6.07) is 15.5. The molecule has 2 aromatic carbocycles. The summed E-state index contributed by atoms with van der Waals surface area (Å²) in [4.78, 5) is 8.75. The van der Waals surface area contributed by atoms with Gasteiger partial charge in [0, 0.05) is 24.7 Å². The van der Waals surface area contributed by atoms with Crippen LogP contribution in [0, 0.1) is 0 Å². The molecule has 0 bridgehead atoms. The lowest BCUT2D eigenvalue weighted by atomic mass is 10.2. The van der Waals surface area contributed by atoms with Gasteiger partial charge in [-0.15, -0.1) is 0 Å². The van der Waals surface area contributed by atoms with E-state index in [2.05, 4.69) is 30.8 Å². The Morgan fingerprint density at radius 2 is 1.75 bits per heavy atom. The number of aromatic nitrogens is 3. The number of para-hydroxylation sites is 1. The van der Waals surface area contributed by atoms with Crippen LogP contribution >= 0.6 is 0 Å². The number of nitrogens with zero attached hydrogens (tertiary/aromatic N) is 3. The van der Waals surface area contributed by atoms with Crippen LogP contribution in [-0.4, -0.2) is 42.4 Å². The minimum absolute atomic E-state index is 0.467. The fourth-order valence-corrected chi connectivity index (χ4v) is 2.66. The highest BCUT2D eigenvalue weighted by Crippen LogP contribution is 2.19. The lowest BCUT2D eigenvalue weighted by molar-refractivity contribution is 0.409. The molecule has 0 radical (unpaired) electrons. The van der Waals surface area contributed by atoms with Crippen LogP contribution in [0.3, 0.4) is 0 Å². The van der Waals surface area contributed by atoms with Gasteiger partial charge in [-0.3, -0.25) is 10.1 Å². The van der Waals surface area contributed by atoms with Crippen LogP contribution in [-0.2, 0) is 13.1 Å². The smallest absolute Gasteiger partial charge is 0.191 e. The molecule has 8 nitrogen and oxygen atoms in total. The summed E-state index contributed by atoms with van der Waals surface area (Å²) in [5.41, 5.74) is 1.97. The predicted molar refractivity (Wildman–Crippen MR) is 108 cm³/mol. The quantitative estimate of drug-likeness (QED) is 0.430. The summed E-state index contributed by atoms with van der Waals surface area (Å²) in [6.07, 6.45) is 0. The zero-order valence-electron chi connectivity index (χ0n) is 16.2. The third kappa shape index (κ3) is 4.79. The Balaban J connectivity index is 1.56. The maximum Gasteiger partial charge on any atom is 0.191 e. The highest BCUT2D eigenvalue weighted by atomic mass is 16.5. The van der Waals surface area contributed by atoms with Gasteiger partial charge in [0.15, 0.2) is 11.8 Å². The van der Waals surface area contributed by atoms with Gasteiger partial charge in [0.05, 0.1) is 20.8 Å². The van der Waals surface area contributed by atoms with E-state index in [1.807, 2.05) is 48.5 Å². The first-order chi connectivity index (χ1) is 13.7. The SMILES string of the molecule is CN=C(NCc1nc(-c2ccc(OC)cc2)n[nH]1)NCc1ccccc1OC. The fraction of sp³-hybridized carbons (Fsp3) is 0.250. The van der Waals surface area contributed by atoms with Crippen molar-refractivity contribution in [3.05, 3.63) is 59.9 Å². The Labute approximate surface area is 164 Å². The summed E-state index contributed by atoms with van der Waals surface area (Å²) >= 11 is 0. The fourth-order valence-electron chi connectivity index (χ4n) is 2.66. The van der Waals surface area contributed by atoms with Crippen molar-refractivity contribution in [3.8, 4) is 22.9 Å². The van der Waals surface area contributed by atoms with E-state index in [0.29, 0.717) is 30.7 Å². The normalized spacial score (nSPS) is 11.2. The number of nitrogens with one attached hydrogen (secondary N) is 3. The topological polar surface area (TPSA) is 96.5 Å². The second kappa shape index (κ2) is 9.40. The molecule has 28 heavy (non-hydrogen) atoms. The van der Waals surface area contributed by atoms with Gasteiger partial charge in [0.2, 0.25) is 0 Å². The van der Waals surface area contributed by atoms with E-state index in [-0.39, 0.29) is 0 Å². The molecule has 0 fully saturated rings. The Hall–Kier alpha value is -3.55. The molecular weight excluding hydrogens is 356 g/mol. The van der Waals surface area contributed by atoms with E-state index >= 15 is 0 Å². The van der Waals surface area contributed by atoms with Gasteiger partial charge in [-0.05, 0) is 30.3 Å². The highest BCUT2D eigenvalue weighted by molar-refractivity contribution is 5.79. The van der Waals surface area contributed by atoms with Crippen LogP contribution in [0.25, 0.3) is 11.4 Å². The number of benzene rings is 2. The van der Waals surface area contributed by atoms with E-state index in [4.69, 9.17) is 9.47 Å². The average molecular weight is 380 g/mol. The molecule has 3 N–H and O–H groups in total. The first-order valence-corrected chi connectivity index (χ1v) is 8.85. The third-order valence-electron chi connectivity index (χ3n) is 4.17. The van der Waals surface area contributed by atoms with E-state index < -0.39 is 0 Å². The third-order valence-corrected chi connectivity index (χ3v) is 4.17. The van der Waals surface area contributed by atoms with E-state index in [1.165, 1.54) is 0 Å². The van der Waals surface area contributed by atoms with Gasteiger partial charge in [-0.2, -0.15) is 5.10 Å². The van der Waals surface area contributed by atoms with Gasteiger partial charge in [0.1, 0.15) is 17.3 Å². The van der Waals surface area contributed by atoms with Crippen LogP contribution in [0.2, 0.25) is 0 Å². The van der Waals surface area contributed by atoms with Gasteiger partial charge < -0.3 is 20.1 Å². The molecule has 3 rings (SSSR count). The number of hydrogen-bond donors (Lipinski definition) is 3. The second-order valence-electron chi connectivity index (χ2n) is 5.93. The summed E-state index contributed by atoms with van der Waals surface area (Å²) in [5, 5.41) is 13.7. The standard InChI is InChI=1S/C20H24N6O2/c1-21-20(22-12-15-6-4-5-7-17(15)28-3)23-13-18-24-19(26-25-18)14-8-10-16(27-2)11-9-14/h4-11H,12-13H2,1-3H3,(H2,21,22,23)(H,24,25,26). The van der Waals surface area contributed by atoms with Crippen molar-refractivity contribution in [1.29, 1.82) is 0 Å². The molecule has 0 saturated heterocycles. The molecule has 0 spiro atoms. The van der Waals surface area contributed by atoms with Crippen molar-refractivity contribution >= 4 is 5.96 Å². The molecular formula is C20H24N6O2. The molecule has 1 heterocycles. The first-order valence-electron chi connectivity index (χ1n) is 8.85. The number of ether oxygens (including phenoxy) is 2. The van der Waals surface area contributed by atoms with Crippen molar-refractivity contribution in [2.45, 2.75) is 13.1 Å². The van der Waals surface area contributed by atoms with E-state index in [9.17, 15) is 0 Å². The molecule has 3 aromatic rings. The molecule has 146 valence electrons. The minimum atomic E-state index is 0.467. The van der Waals surface area contributed by atoms with Gasteiger partial charge >= 0.3 is 0 Å². The number of H-pyrrole nitrogens is 1. The molecule has 1 aromatic heterocycles. The minimum Gasteiger partial charge on any atom is -0.497 e. The van der Waals surface area contributed by atoms with Crippen LogP contribution in [0.15, 0.2) is 53.5 Å². The van der Waals surface area contributed by atoms with Crippen molar-refractivity contribution in [1.82, 2.24) is 25.8 Å². The van der Waals surface area contributed by atoms with E-state index in [0.717, 1.165) is 22.6 Å². The summed E-state index contributed by atoms with van der Waals surface area (Å²) in [7, 11) is 5.03. The molecule has 0 aliphatic heterocycles. The van der Waals surface area contributed by atoms with Gasteiger partial charge in [-0.25, -0.2) is 4.98 Å². The lowest BCUT2D eigenvalue weighted by Gasteiger charge is -2.13. The van der Waals surface area contributed by atoms with Crippen LogP contribution in [0.5, 0.6) is 11.5 Å². The molecule has 0 aliphatic rings. The molecule has 0 atom stereocenters. The van der Waals surface area contributed by atoms with Gasteiger partial charge in [0.25, 0.3) is 0 Å². The average Bonchev–Trinajstić information content (AvgIpc) is 3.23. The summed E-state index contributed by atoms with van der Waals surface area (Å²) in [5.74, 6) is 3.65. The Bertz CT molecular complexity index is 920. The molecule has 0 amide bonds. The zero-order valence-corrected chi connectivity index (χ0v) is 16.2. The maximum atomic E-state index is 5.37. The highest BCUT2D eigenvalue weighted by Gasteiger charge is 2.08. The number of methoxy groups -OCH3 is 2. The summed E-state index contributed by atoms with van der Waals surface area (Å²) < 4.78 is 10.5. The number of guanidine groups is 1. The number of aromatic amines is 1. The Morgan fingerprint density at radius 1 is 1.00 bits per heavy atom. The number of hydrogen-bond acceptors (Lipinski definition) is 5. The number of rotatable bonds is 7. The van der Waals surface area contributed by atoms with Crippen LogP contribution in [0.4, 0.5) is 0 Å². The van der Waals surface area contributed by atoms with Crippen molar-refractivity contribution in [2.75, 3.05) is 21.3 Å².